The van der Waals surface area contributed by atoms with E-state index in [1.54, 1.807) is 0 Å². The number of hydrogen-bond donors (Lipinski definition) is 0. The normalized spacial score (nSPS) is 11.7. The van der Waals surface area contributed by atoms with Crippen molar-refractivity contribution < 1.29 is 0 Å². The maximum atomic E-state index is 4.97. The second-order valence-corrected chi connectivity index (χ2v) is 16.9. The maximum Gasteiger partial charge on any atom is 0.179 e. The molecule has 0 fully saturated rings. The summed E-state index contributed by atoms with van der Waals surface area (Å²) < 4.78 is 0. The fourth-order valence-corrected chi connectivity index (χ4v) is 13.5. The first-order valence-corrected chi connectivity index (χ1v) is 17.3. The van der Waals surface area contributed by atoms with Gasteiger partial charge in [-0.15, -0.1) is 0 Å². The first-order valence-electron chi connectivity index (χ1n) is 13.4. The summed E-state index contributed by atoms with van der Waals surface area (Å²) in [7, 11) is -2.55. The van der Waals surface area contributed by atoms with E-state index in [1.165, 1.54) is 36.7 Å². The molecular formula is C37H31PSi. The van der Waals surface area contributed by atoms with Gasteiger partial charge in [-0.05, 0) is 43.5 Å². The minimum atomic E-state index is -2.55. The predicted octanol–water partition coefficient (Wildman–Crippen LogP) is 4.79. The second kappa shape index (κ2) is 10.9. The van der Waals surface area contributed by atoms with Crippen molar-refractivity contribution in [3.8, 4) is 0 Å². The molecule has 0 aliphatic rings. The van der Waals surface area contributed by atoms with Gasteiger partial charge in [-0.2, -0.15) is 0 Å². The summed E-state index contributed by atoms with van der Waals surface area (Å²) in [4.78, 5) is 0. The predicted molar refractivity (Wildman–Crippen MR) is 176 cm³/mol. The molecule has 6 aromatic rings. The molecule has 0 heterocycles. The van der Waals surface area contributed by atoms with Gasteiger partial charge in [-0.3, -0.25) is 0 Å². The molecule has 188 valence electrons. The van der Waals surface area contributed by atoms with Crippen LogP contribution in [0.5, 0.6) is 0 Å². The van der Waals surface area contributed by atoms with Crippen molar-refractivity contribution in [2.24, 2.45) is 0 Å². The molecule has 0 saturated heterocycles. The van der Waals surface area contributed by atoms with Crippen LogP contribution < -0.4 is 36.7 Å². The Hall–Kier alpha value is -4.16. The molecule has 39 heavy (non-hydrogen) atoms. The highest BCUT2D eigenvalue weighted by Gasteiger charge is 2.41. The summed E-state index contributed by atoms with van der Waals surface area (Å²) >= 11 is 0. The molecular weight excluding hydrogens is 503 g/mol. The van der Waals surface area contributed by atoms with Crippen LogP contribution in [0.4, 0.5) is 0 Å². The zero-order chi connectivity index (χ0) is 26.5. The zero-order valence-electron chi connectivity index (χ0n) is 21.9. The van der Waals surface area contributed by atoms with Crippen molar-refractivity contribution in [2.75, 3.05) is 0 Å². The van der Waals surface area contributed by atoms with Crippen LogP contribution in [-0.4, -0.2) is 14.4 Å². The largest absolute Gasteiger partial charge is 0.179 e. The summed E-state index contributed by atoms with van der Waals surface area (Å²) in [6.07, 6.45) is 4.97. The third kappa shape index (κ3) is 4.45. The Bertz CT molecular complexity index is 1540. The molecule has 6 aromatic carbocycles. The molecule has 0 nitrogen and oxygen atoms in total. The average molecular weight is 535 g/mol. The molecule has 0 saturated carbocycles. The molecule has 6 rings (SSSR count). The minimum absolute atomic E-state index is 1.29. The quantitative estimate of drug-likeness (QED) is 0.157. The monoisotopic (exact) mass is 534 g/mol. The van der Waals surface area contributed by atoms with Crippen molar-refractivity contribution in [1.29, 1.82) is 0 Å². The molecule has 0 unspecified atom stereocenters. The van der Waals surface area contributed by atoms with Gasteiger partial charge in [-0.25, -0.2) is 0 Å². The van der Waals surface area contributed by atoms with Crippen LogP contribution in [0.15, 0.2) is 176 Å². The second-order valence-electron chi connectivity index (χ2n) is 9.88. The van der Waals surface area contributed by atoms with Gasteiger partial charge in [0.15, 0.2) is 8.07 Å². The van der Waals surface area contributed by atoms with Gasteiger partial charge in [0.1, 0.15) is 0 Å². The summed E-state index contributed by atoms with van der Waals surface area (Å²) in [6.45, 7) is -2.05. The van der Waals surface area contributed by atoms with E-state index in [4.69, 9.17) is 6.30 Å². The highest BCUT2D eigenvalue weighted by atomic mass is 31.2. The lowest BCUT2D eigenvalue weighted by molar-refractivity contribution is 1.67. The Kier molecular flexibility index (Phi) is 7.03. The van der Waals surface area contributed by atoms with Crippen molar-refractivity contribution in [3.05, 3.63) is 176 Å². The topological polar surface area (TPSA) is 0 Å². The first-order chi connectivity index (χ1) is 19.2. The molecule has 0 spiro atoms. The Morgan fingerprint density at radius 2 is 0.564 bits per heavy atom. The summed E-state index contributed by atoms with van der Waals surface area (Å²) in [5.74, 6) is 0. The molecule has 0 aromatic heterocycles. The number of hydrogen-bond acceptors (Lipinski definition) is 0. The van der Waals surface area contributed by atoms with Gasteiger partial charge in [0.2, 0.25) is 0 Å². The van der Waals surface area contributed by atoms with Crippen molar-refractivity contribution >= 4 is 57.9 Å². The molecule has 0 bridgehead atoms. The molecule has 0 radical (unpaired) electrons. The number of benzene rings is 6. The Labute approximate surface area is 233 Å². The van der Waals surface area contributed by atoms with E-state index in [-0.39, 0.29) is 0 Å². The van der Waals surface area contributed by atoms with E-state index in [9.17, 15) is 0 Å². The van der Waals surface area contributed by atoms with Crippen LogP contribution in [0.25, 0.3) is 0 Å². The van der Waals surface area contributed by atoms with Gasteiger partial charge in [0.05, 0.1) is 0 Å². The van der Waals surface area contributed by atoms with E-state index < -0.39 is 15.0 Å². The summed E-state index contributed by atoms with van der Waals surface area (Å²) in [5, 5.41) is 9.41. The highest BCUT2D eigenvalue weighted by molar-refractivity contribution is 7.93. The lowest BCUT2D eigenvalue weighted by atomic mass is 10.3. The average Bonchev–Trinajstić information content (AvgIpc) is 3.04. The van der Waals surface area contributed by atoms with Crippen molar-refractivity contribution in [2.45, 2.75) is 0 Å². The van der Waals surface area contributed by atoms with Gasteiger partial charge in [-0.1, -0.05) is 182 Å². The van der Waals surface area contributed by atoms with Crippen LogP contribution in [0, 0.1) is 0 Å². The summed E-state index contributed by atoms with van der Waals surface area (Å²) in [5.41, 5.74) is 0. The number of rotatable bonds is 7. The van der Waals surface area contributed by atoms with Gasteiger partial charge < -0.3 is 0 Å². The van der Waals surface area contributed by atoms with E-state index >= 15 is 0 Å². The zero-order valence-corrected chi connectivity index (χ0v) is 23.8. The lowest BCUT2D eigenvalue weighted by Gasteiger charge is -2.35. The van der Waals surface area contributed by atoms with Crippen LogP contribution in [0.1, 0.15) is 0 Å². The Morgan fingerprint density at radius 3 is 0.897 bits per heavy atom. The van der Waals surface area contributed by atoms with E-state index in [2.05, 4.69) is 176 Å². The third-order valence-electron chi connectivity index (χ3n) is 7.76. The van der Waals surface area contributed by atoms with Crippen LogP contribution in [-0.2, 0) is 0 Å². The maximum absolute atomic E-state index is 4.97. The fraction of sp³-hybridized carbons (Fsp3) is 0. The van der Waals surface area contributed by atoms with Crippen LogP contribution in [0.2, 0.25) is 0 Å². The van der Waals surface area contributed by atoms with E-state index in [0.29, 0.717) is 0 Å². The smallest absolute Gasteiger partial charge is 0.0887 e. The standard InChI is InChI=1S/C37H31PSi/c1-38(31-17-7-2-8-18-31,32-19-9-3-10-20-32)33-27-29-37(30-28-33)39(34-21-11-4-12-22-34,35-23-13-5-14-24-35)36-25-15-6-16-26-36/h2-30H,1H2. The van der Waals surface area contributed by atoms with Gasteiger partial charge in [0, 0.05) is 0 Å². The molecule has 0 N–H and O–H groups in total. The molecule has 2 heteroatoms. The minimum Gasteiger partial charge on any atom is -0.0887 e. The molecule has 0 amide bonds. The van der Waals surface area contributed by atoms with Crippen molar-refractivity contribution in [1.82, 2.24) is 0 Å². The molecule has 0 aliphatic heterocycles. The van der Waals surface area contributed by atoms with E-state index in [0.717, 1.165) is 0 Å². The fourth-order valence-electron chi connectivity index (χ4n) is 5.84. The van der Waals surface area contributed by atoms with Gasteiger partial charge in [0.25, 0.3) is 0 Å². The Balaban J connectivity index is 1.60. The van der Waals surface area contributed by atoms with E-state index in [1.807, 2.05) is 0 Å². The summed E-state index contributed by atoms with van der Waals surface area (Å²) in [6, 6.07) is 64.4. The highest BCUT2D eigenvalue weighted by Crippen LogP contribution is 2.41. The molecule has 0 atom stereocenters. The van der Waals surface area contributed by atoms with Crippen molar-refractivity contribution in [3.63, 3.8) is 0 Å². The first kappa shape index (κ1) is 25.1. The Morgan fingerprint density at radius 1 is 0.308 bits per heavy atom. The molecule has 0 aliphatic carbocycles. The van der Waals surface area contributed by atoms with Gasteiger partial charge >= 0.3 is 0 Å². The lowest BCUT2D eigenvalue weighted by Crippen LogP contribution is -2.74. The third-order valence-corrected chi connectivity index (χ3v) is 16.1. The SMILES string of the molecule is C=P(c1ccccc1)(c1ccccc1)c1ccc([Si](c2ccccc2)(c2ccccc2)c2ccccc2)cc1. The van der Waals surface area contributed by atoms with Crippen LogP contribution >= 0.6 is 6.89 Å². The van der Waals surface area contributed by atoms with Crippen LogP contribution in [0.3, 0.4) is 0 Å².